The largest absolute Gasteiger partial charge is 0.435 e. The maximum absolute atomic E-state index is 12.7. The molecule has 1 N–H and O–H groups in total. The molecule has 0 fully saturated rings. The molecule has 2 rings (SSSR count). The topological polar surface area (TPSA) is 83.1 Å². The second kappa shape index (κ2) is 8.30. The Balaban J connectivity index is 2.28. The molecular weight excluding hydrogens is 407 g/mol. The highest BCUT2D eigenvalue weighted by molar-refractivity contribution is 7.91. The fraction of sp³-hybridized carbons (Fsp3) is 0.375. The first-order chi connectivity index (χ1) is 12.5. The van der Waals surface area contributed by atoms with E-state index >= 15 is 0 Å². The molecule has 6 nitrogen and oxygen atoms in total. The van der Waals surface area contributed by atoms with Gasteiger partial charge < -0.3 is 4.90 Å². The third-order valence-electron chi connectivity index (χ3n) is 3.82. The molecule has 1 aromatic carbocycles. The summed E-state index contributed by atoms with van der Waals surface area (Å²) >= 11 is 6.08. The number of aromatic nitrogens is 2. The van der Waals surface area contributed by atoms with Gasteiger partial charge in [-0.3, -0.25) is 9.89 Å². The van der Waals surface area contributed by atoms with E-state index in [1.165, 1.54) is 6.92 Å². The molecule has 0 spiro atoms. The first-order valence-corrected chi connectivity index (χ1v) is 10.1. The van der Waals surface area contributed by atoms with Crippen molar-refractivity contribution in [2.75, 3.05) is 18.1 Å². The van der Waals surface area contributed by atoms with Gasteiger partial charge in [0, 0.05) is 29.9 Å². The summed E-state index contributed by atoms with van der Waals surface area (Å²) in [6.07, 6.45) is -4.70. The molecule has 0 saturated carbocycles. The third-order valence-corrected chi connectivity index (χ3v) is 5.87. The fourth-order valence-corrected chi connectivity index (χ4v) is 3.21. The van der Waals surface area contributed by atoms with Gasteiger partial charge in [0.05, 0.1) is 5.75 Å². The van der Waals surface area contributed by atoms with Crippen LogP contribution in [0.3, 0.4) is 0 Å². The van der Waals surface area contributed by atoms with Gasteiger partial charge in [-0.1, -0.05) is 36.7 Å². The summed E-state index contributed by atoms with van der Waals surface area (Å²) in [5.74, 6) is -1.23. The van der Waals surface area contributed by atoms with Crippen molar-refractivity contribution in [3.8, 4) is 0 Å². The van der Waals surface area contributed by atoms with Crippen LogP contribution in [0.5, 0.6) is 0 Å². The number of benzene rings is 1. The van der Waals surface area contributed by atoms with Crippen molar-refractivity contribution in [3.05, 3.63) is 52.3 Å². The lowest BCUT2D eigenvalue weighted by molar-refractivity contribution is -0.141. The highest BCUT2D eigenvalue weighted by atomic mass is 35.5. The van der Waals surface area contributed by atoms with Crippen LogP contribution in [0.25, 0.3) is 0 Å². The van der Waals surface area contributed by atoms with Crippen LogP contribution >= 0.6 is 11.6 Å². The van der Waals surface area contributed by atoms with Crippen LogP contribution < -0.4 is 0 Å². The number of aromatic amines is 1. The summed E-state index contributed by atoms with van der Waals surface area (Å²) in [4.78, 5) is 13.8. The minimum absolute atomic E-state index is 0.0574. The highest BCUT2D eigenvalue weighted by Crippen LogP contribution is 2.28. The van der Waals surface area contributed by atoms with Gasteiger partial charge in [-0.25, -0.2) is 8.42 Å². The molecule has 0 saturated heterocycles. The molecule has 0 unspecified atom stereocenters. The van der Waals surface area contributed by atoms with Crippen molar-refractivity contribution in [2.24, 2.45) is 0 Å². The molecule has 11 heteroatoms. The van der Waals surface area contributed by atoms with E-state index in [4.69, 9.17) is 11.6 Å². The van der Waals surface area contributed by atoms with Gasteiger partial charge in [-0.2, -0.15) is 18.3 Å². The van der Waals surface area contributed by atoms with Gasteiger partial charge in [0.2, 0.25) is 0 Å². The number of H-pyrrole nitrogens is 1. The molecule has 0 radical (unpaired) electrons. The van der Waals surface area contributed by atoms with E-state index in [0.717, 1.165) is 4.90 Å². The molecule has 0 bridgehead atoms. The van der Waals surface area contributed by atoms with Gasteiger partial charge >= 0.3 is 6.18 Å². The van der Waals surface area contributed by atoms with Crippen LogP contribution in [-0.2, 0) is 22.6 Å². The first-order valence-electron chi connectivity index (χ1n) is 7.89. The number of alkyl halides is 3. The number of hydrogen-bond donors (Lipinski definition) is 1. The zero-order valence-electron chi connectivity index (χ0n) is 14.3. The van der Waals surface area contributed by atoms with E-state index in [2.05, 4.69) is 10.2 Å². The van der Waals surface area contributed by atoms with E-state index in [9.17, 15) is 26.4 Å². The molecule has 2 aromatic rings. The standard InChI is InChI=1S/C16H17ClF3N3O3S/c1-2-27(25,26)8-7-23(10-11-5-3-4-6-12(11)17)15(24)13-9-14(22-21-13)16(18,19)20/h3-6,9H,2,7-8,10H2,1H3,(H,21,22). The predicted molar refractivity (Wildman–Crippen MR) is 94.1 cm³/mol. The van der Waals surface area contributed by atoms with Crippen molar-refractivity contribution in [1.29, 1.82) is 0 Å². The van der Waals surface area contributed by atoms with Gasteiger partial charge in [-0.15, -0.1) is 0 Å². The van der Waals surface area contributed by atoms with Crippen LogP contribution in [0.15, 0.2) is 30.3 Å². The van der Waals surface area contributed by atoms with Crippen molar-refractivity contribution in [3.63, 3.8) is 0 Å². The molecule has 1 amide bonds. The molecule has 0 aliphatic carbocycles. The Bertz CT molecular complexity index is 913. The summed E-state index contributed by atoms with van der Waals surface area (Å²) in [7, 11) is -3.38. The van der Waals surface area contributed by atoms with Crippen LogP contribution in [0.2, 0.25) is 5.02 Å². The number of hydrogen-bond acceptors (Lipinski definition) is 4. The Morgan fingerprint density at radius 2 is 1.96 bits per heavy atom. The number of nitrogens with one attached hydrogen (secondary N) is 1. The monoisotopic (exact) mass is 423 g/mol. The van der Waals surface area contributed by atoms with Crippen LogP contribution in [0.1, 0.15) is 28.7 Å². The Morgan fingerprint density at radius 3 is 2.52 bits per heavy atom. The van der Waals surface area contributed by atoms with E-state index in [-0.39, 0.29) is 30.3 Å². The zero-order chi connectivity index (χ0) is 20.2. The number of nitrogens with zero attached hydrogens (tertiary/aromatic N) is 2. The Labute approximate surface area is 159 Å². The van der Waals surface area contributed by atoms with E-state index < -0.39 is 27.6 Å². The Hall–Kier alpha value is -2.07. The highest BCUT2D eigenvalue weighted by Gasteiger charge is 2.35. The molecule has 27 heavy (non-hydrogen) atoms. The Morgan fingerprint density at radius 1 is 1.30 bits per heavy atom. The Kier molecular flexibility index (Phi) is 6.53. The van der Waals surface area contributed by atoms with Crippen LogP contribution in [0, 0.1) is 0 Å². The van der Waals surface area contributed by atoms with E-state index in [1.807, 2.05) is 0 Å². The SMILES string of the molecule is CCS(=O)(=O)CCN(Cc1ccccc1Cl)C(=O)c1cc(C(F)(F)F)n[nH]1. The lowest BCUT2D eigenvalue weighted by atomic mass is 10.2. The predicted octanol–water partition coefficient (Wildman–Crippen LogP) is 3.16. The lowest BCUT2D eigenvalue weighted by Gasteiger charge is -2.22. The quantitative estimate of drug-likeness (QED) is 0.741. The number of amides is 1. The number of halogens is 4. The van der Waals surface area contributed by atoms with Crippen molar-refractivity contribution >= 4 is 27.3 Å². The van der Waals surface area contributed by atoms with Crippen LogP contribution in [-0.4, -0.2) is 47.5 Å². The number of sulfone groups is 1. The third kappa shape index (κ3) is 5.70. The van der Waals surface area contributed by atoms with Gasteiger partial charge in [0.25, 0.3) is 5.91 Å². The smallest absolute Gasteiger partial charge is 0.332 e. The second-order valence-corrected chi connectivity index (χ2v) is 8.60. The molecule has 0 atom stereocenters. The summed E-state index contributed by atoms with van der Waals surface area (Å²) in [6.45, 7) is 1.22. The number of rotatable bonds is 7. The maximum Gasteiger partial charge on any atom is 0.435 e. The summed E-state index contributed by atoms with van der Waals surface area (Å²) < 4.78 is 61.7. The van der Waals surface area contributed by atoms with Gasteiger partial charge in [0.15, 0.2) is 15.5 Å². The average molecular weight is 424 g/mol. The van der Waals surface area contributed by atoms with E-state index in [1.54, 1.807) is 24.3 Å². The average Bonchev–Trinajstić information content (AvgIpc) is 3.10. The summed E-state index contributed by atoms with van der Waals surface area (Å²) in [5.41, 5.74) is -1.08. The zero-order valence-corrected chi connectivity index (χ0v) is 15.8. The lowest BCUT2D eigenvalue weighted by Crippen LogP contribution is -2.35. The summed E-state index contributed by atoms with van der Waals surface area (Å²) in [5, 5.41) is 5.51. The van der Waals surface area contributed by atoms with Gasteiger partial charge in [0.1, 0.15) is 5.69 Å². The molecule has 1 aromatic heterocycles. The van der Waals surface area contributed by atoms with E-state index in [0.29, 0.717) is 16.7 Å². The van der Waals surface area contributed by atoms with Crippen LogP contribution in [0.4, 0.5) is 13.2 Å². The van der Waals surface area contributed by atoms with Crippen molar-refractivity contribution < 1.29 is 26.4 Å². The molecule has 0 aliphatic heterocycles. The van der Waals surface area contributed by atoms with Crippen molar-refractivity contribution in [2.45, 2.75) is 19.6 Å². The minimum Gasteiger partial charge on any atom is -0.332 e. The molecule has 1 heterocycles. The van der Waals surface area contributed by atoms with Crippen molar-refractivity contribution in [1.82, 2.24) is 15.1 Å². The second-order valence-electron chi connectivity index (χ2n) is 5.72. The maximum atomic E-state index is 12.7. The normalized spacial score (nSPS) is 12.2. The van der Waals surface area contributed by atoms with Gasteiger partial charge in [-0.05, 0) is 11.6 Å². The molecular formula is C16H17ClF3N3O3S. The number of carbonyl (C=O) groups is 1. The number of carbonyl (C=O) groups excluding carboxylic acids is 1. The first kappa shape index (κ1) is 21.2. The minimum atomic E-state index is -4.70. The fourth-order valence-electron chi connectivity index (χ4n) is 2.23. The molecule has 0 aliphatic rings. The summed E-state index contributed by atoms with van der Waals surface area (Å²) in [6, 6.07) is 7.20. The molecule has 148 valence electrons.